The van der Waals surface area contributed by atoms with Crippen LogP contribution < -0.4 is 10.1 Å². The molecule has 0 unspecified atom stereocenters. The highest BCUT2D eigenvalue weighted by atomic mass is 35.5. The van der Waals surface area contributed by atoms with Crippen molar-refractivity contribution in [2.24, 2.45) is 0 Å². The van der Waals surface area contributed by atoms with Crippen molar-refractivity contribution in [2.75, 3.05) is 25.0 Å². The number of nitrogens with zero attached hydrogens (tertiary/aromatic N) is 1. The SMILES string of the molecule is O=C(COc1ccccc1Cl)Nc1ccccc1C(=O)N1CCCC1. The number of hydrogen-bond acceptors (Lipinski definition) is 3. The summed E-state index contributed by atoms with van der Waals surface area (Å²) in [4.78, 5) is 26.6. The number of nitrogens with one attached hydrogen (secondary N) is 1. The van der Waals surface area contributed by atoms with Gasteiger partial charge in [-0.2, -0.15) is 0 Å². The van der Waals surface area contributed by atoms with Crippen molar-refractivity contribution in [1.29, 1.82) is 0 Å². The molecule has 6 heteroatoms. The average molecular weight is 359 g/mol. The van der Waals surface area contributed by atoms with Gasteiger partial charge in [0.25, 0.3) is 11.8 Å². The van der Waals surface area contributed by atoms with Gasteiger partial charge in [-0.3, -0.25) is 9.59 Å². The summed E-state index contributed by atoms with van der Waals surface area (Å²) in [5, 5.41) is 3.19. The second-order valence-corrected chi connectivity index (χ2v) is 6.22. The molecule has 0 aliphatic carbocycles. The van der Waals surface area contributed by atoms with Crippen LogP contribution in [0.25, 0.3) is 0 Å². The summed E-state index contributed by atoms with van der Waals surface area (Å²) in [6.07, 6.45) is 2.04. The van der Waals surface area contributed by atoms with Gasteiger partial charge >= 0.3 is 0 Å². The molecule has 2 amide bonds. The number of carbonyl (C=O) groups is 2. The molecule has 1 saturated heterocycles. The lowest BCUT2D eigenvalue weighted by atomic mass is 10.1. The summed E-state index contributed by atoms with van der Waals surface area (Å²) in [5.74, 6) is 0.0442. The van der Waals surface area contributed by atoms with Crippen LogP contribution in [0.15, 0.2) is 48.5 Å². The van der Waals surface area contributed by atoms with Crippen molar-refractivity contribution in [1.82, 2.24) is 4.90 Å². The molecule has 1 aliphatic rings. The maximum Gasteiger partial charge on any atom is 0.262 e. The van der Waals surface area contributed by atoms with Crippen molar-refractivity contribution in [2.45, 2.75) is 12.8 Å². The standard InChI is InChI=1S/C19H19ClN2O3/c20-15-8-2-4-10-17(15)25-13-18(23)21-16-9-3-1-7-14(16)19(24)22-11-5-6-12-22/h1-4,7-10H,5-6,11-13H2,(H,21,23). The van der Waals surface area contributed by atoms with Gasteiger partial charge in [-0.25, -0.2) is 0 Å². The Bertz CT molecular complexity index is 773. The Morgan fingerprint density at radius 2 is 1.72 bits per heavy atom. The number of rotatable bonds is 5. The average Bonchev–Trinajstić information content (AvgIpc) is 3.15. The molecule has 2 aromatic rings. The van der Waals surface area contributed by atoms with E-state index in [0.29, 0.717) is 22.0 Å². The molecule has 0 bridgehead atoms. The number of hydrogen-bond donors (Lipinski definition) is 1. The summed E-state index contributed by atoms with van der Waals surface area (Å²) in [6, 6.07) is 14.0. The Hall–Kier alpha value is -2.53. The lowest BCUT2D eigenvalue weighted by molar-refractivity contribution is -0.118. The largest absolute Gasteiger partial charge is 0.482 e. The van der Waals surface area contributed by atoms with E-state index in [1.165, 1.54) is 0 Å². The molecule has 1 N–H and O–H groups in total. The van der Waals surface area contributed by atoms with Gasteiger partial charge in [0.05, 0.1) is 16.3 Å². The fraction of sp³-hybridized carbons (Fsp3) is 0.263. The number of halogens is 1. The fourth-order valence-corrected chi connectivity index (χ4v) is 2.95. The molecule has 130 valence electrons. The van der Waals surface area contributed by atoms with E-state index in [4.69, 9.17) is 16.3 Å². The number of likely N-dealkylation sites (tertiary alicyclic amines) is 1. The lowest BCUT2D eigenvalue weighted by Gasteiger charge is -2.18. The molecule has 3 rings (SSSR count). The number of amides is 2. The summed E-state index contributed by atoms with van der Waals surface area (Å²) in [5.41, 5.74) is 0.989. The van der Waals surface area contributed by atoms with Crippen molar-refractivity contribution in [3.05, 3.63) is 59.1 Å². The van der Waals surface area contributed by atoms with Gasteiger partial charge in [-0.1, -0.05) is 35.9 Å². The van der Waals surface area contributed by atoms with Gasteiger partial charge in [-0.15, -0.1) is 0 Å². The molecule has 5 nitrogen and oxygen atoms in total. The summed E-state index contributed by atoms with van der Waals surface area (Å²) in [6.45, 7) is 1.34. The van der Waals surface area contributed by atoms with E-state index in [1.54, 1.807) is 48.5 Å². The van der Waals surface area contributed by atoms with Crippen LogP contribution in [0.3, 0.4) is 0 Å². The van der Waals surface area contributed by atoms with Crippen molar-refractivity contribution in [3.63, 3.8) is 0 Å². The minimum atomic E-state index is -0.346. The van der Waals surface area contributed by atoms with Gasteiger partial charge in [0.2, 0.25) is 0 Å². The maximum atomic E-state index is 12.6. The first kappa shape index (κ1) is 17.3. The van der Waals surface area contributed by atoms with E-state index in [0.717, 1.165) is 25.9 Å². The number of carbonyl (C=O) groups excluding carboxylic acids is 2. The van der Waals surface area contributed by atoms with E-state index in [2.05, 4.69) is 5.32 Å². The zero-order chi connectivity index (χ0) is 17.6. The minimum Gasteiger partial charge on any atom is -0.482 e. The number of ether oxygens (including phenoxy) is 1. The maximum absolute atomic E-state index is 12.6. The lowest BCUT2D eigenvalue weighted by Crippen LogP contribution is -2.29. The predicted molar refractivity (Wildman–Crippen MR) is 97.2 cm³/mol. The Morgan fingerprint density at radius 3 is 2.48 bits per heavy atom. The topological polar surface area (TPSA) is 58.6 Å². The van der Waals surface area contributed by atoms with Gasteiger partial charge in [0, 0.05) is 13.1 Å². The zero-order valence-corrected chi connectivity index (χ0v) is 14.5. The first-order chi connectivity index (χ1) is 12.1. The Labute approximate surface area is 151 Å². The van der Waals surface area contributed by atoms with E-state index in [9.17, 15) is 9.59 Å². The predicted octanol–water partition coefficient (Wildman–Crippen LogP) is 3.59. The Balaban J connectivity index is 1.65. The monoisotopic (exact) mass is 358 g/mol. The third-order valence-electron chi connectivity index (χ3n) is 4.02. The van der Waals surface area contributed by atoms with Crippen LogP contribution in [0, 0.1) is 0 Å². The fourth-order valence-electron chi connectivity index (χ4n) is 2.76. The van der Waals surface area contributed by atoms with Crippen molar-refractivity contribution in [3.8, 4) is 5.75 Å². The minimum absolute atomic E-state index is 0.0552. The van der Waals surface area contributed by atoms with E-state index in [1.807, 2.05) is 4.90 Å². The van der Waals surface area contributed by atoms with Gasteiger partial charge in [0.1, 0.15) is 5.75 Å². The quantitative estimate of drug-likeness (QED) is 0.888. The summed E-state index contributed by atoms with van der Waals surface area (Å²) in [7, 11) is 0. The third-order valence-corrected chi connectivity index (χ3v) is 4.33. The molecule has 1 fully saturated rings. The third kappa shape index (κ3) is 4.31. The first-order valence-corrected chi connectivity index (χ1v) is 8.58. The second-order valence-electron chi connectivity index (χ2n) is 5.81. The van der Waals surface area contributed by atoms with Crippen LogP contribution in [0.2, 0.25) is 5.02 Å². The molecule has 0 radical (unpaired) electrons. The Morgan fingerprint density at radius 1 is 1.04 bits per heavy atom. The van der Waals surface area contributed by atoms with Gasteiger partial charge < -0.3 is 15.0 Å². The van der Waals surface area contributed by atoms with Crippen molar-refractivity contribution < 1.29 is 14.3 Å². The van der Waals surface area contributed by atoms with E-state index in [-0.39, 0.29) is 18.4 Å². The molecule has 0 spiro atoms. The van der Waals surface area contributed by atoms with Crippen LogP contribution in [-0.2, 0) is 4.79 Å². The summed E-state index contributed by atoms with van der Waals surface area (Å²) < 4.78 is 5.43. The molecule has 1 heterocycles. The van der Waals surface area contributed by atoms with Crippen LogP contribution in [-0.4, -0.2) is 36.4 Å². The van der Waals surface area contributed by atoms with Gasteiger partial charge in [0.15, 0.2) is 6.61 Å². The van der Waals surface area contributed by atoms with Crippen molar-refractivity contribution >= 4 is 29.1 Å². The highest BCUT2D eigenvalue weighted by molar-refractivity contribution is 6.32. The molecule has 1 aliphatic heterocycles. The van der Waals surface area contributed by atoms with E-state index < -0.39 is 0 Å². The molecule has 0 atom stereocenters. The number of anilines is 1. The number of benzene rings is 2. The van der Waals surface area contributed by atoms with Crippen LogP contribution in [0.5, 0.6) is 5.75 Å². The molecular formula is C19H19ClN2O3. The van der Waals surface area contributed by atoms with Crippen LogP contribution >= 0.6 is 11.6 Å². The summed E-state index contributed by atoms with van der Waals surface area (Å²) >= 11 is 6.00. The molecule has 0 saturated carbocycles. The van der Waals surface area contributed by atoms with E-state index >= 15 is 0 Å². The van der Waals surface area contributed by atoms with Gasteiger partial charge in [-0.05, 0) is 37.1 Å². The highest BCUT2D eigenvalue weighted by Gasteiger charge is 2.22. The highest BCUT2D eigenvalue weighted by Crippen LogP contribution is 2.23. The Kier molecular flexibility index (Phi) is 5.56. The molecular weight excluding hydrogens is 340 g/mol. The molecule has 25 heavy (non-hydrogen) atoms. The zero-order valence-electron chi connectivity index (χ0n) is 13.7. The first-order valence-electron chi connectivity index (χ1n) is 8.20. The smallest absolute Gasteiger partial charge is 0.262 e. The second kappa shape index (κ2) is 8.03. The van der Waals surface area contributed by atoms with Crippen LogP contribution in [0.1, 0.15) is 23.2 Å². The number of para-hydroxylation sites is 2. The normalized spacial score (nSPS) is 13.6. The molecule has 2 aromatic carbocycles. The van der Waals surface area contributed by atoms with Crippen LogP contribution in [0.4, 0.5) is 5.69 Å². The molecule has 0 aromatic heterocycles.